The normalized spacial score (nSPS) is 15.4. The third-order valence-corrected chi connectivity index (χ3v) is 5.19. The maximum absolute atomic E-state index is 12.7. The van der Waals surface area contributed by atoms with E-state index in [0.717, 1.165) is 11.1 Å². The summed E-state index contributed by atoms with van der Waals surface area (Å²) in [4.78, 5) is 42.9. The van der Waals surface area contributed by atoms with Crippen molar-refractivity contribution < 1.29 is 28.7 Å². The zero-order chi connectivity index (χ0) is 26.8. The SMILES string of the molecule is CC(C)(C)OC(=O)[C@H](CNC(=O)C[C@H]1CC(c2ccc(C#N)cc2)=NO1)NC(=O)OCc1ccccc1. The number of nitrogens with zero attached hydrogens (tertiary/aromatic N) is 2. The zero-order valence-electron chi connectivity index (χ0n) is 21.0. The van der Waals surface area contributed by atoms with Gasteiger partial charge in [0.25, 0.3) is 0 Å². The molecule has 2 aromatic rings. The summed E-state index contributed by atoms with van der Waals surface area (Å²) in [5.41, 5.74) is 2.03. The second-order valence-electron chi connectivity index (χ2n) is 9.46. The molecule has 0 bridgehead atoms. The van der Waals surface area contributed by atoms with Crippen LogP contribution in [0.2, 0.25) is 0 Å². The Balaban J connectivity index is 1.50. The molecule has 1 aliphatic rings. The van der Waals surface area contributed by atoms with E-state index in [-0.39, 0.29) is 25.5 Å². The molecular weight excluding hydrogens is 476 g/mol. The second kappa shape index (κ2) is 12.5. The predicted octanol–water partition coefficient (Wildman–Crippen LogP) is 3.19. The molecule has 10 heteroatoms. The molecule has 3 rings (SSSR count). The van der Waals surface area contributed by atoms with E-state index in [9.17, 15) is 14.4 Å². The second-order valence-corrected chi connectivity index (χ2v) is 9.46. The van der Waals surface area contributed by atoms with Crippen LogP contribution in [0.4, 0.5) is 4.79 Å². The summed E-state index contributed by atoms with van der Waals surface area (Å²) in [6.07, 6.45) is -0.871. The van der Waals surface area contributed by atoms with E-state index in [2.05, 4.69) is 21.9 Å². The van der Waals surface area contributed by atoms with Crippen LogP contribution < -0.4 is 10.6 Å². The number of carbonyl (C=O) groups is 3. The highest BCUT2D eigenvalue weighted by Gasteiger charge is 2.29. The molecule has 2 N–H and O–H groups in total. The van der Waals surface area contributed by atoms with E-state index < -0.39 is 29.8 Å². The number of alkyl carbamates (subject to hydrolysis) is 1. The molecule has 0 saturated heterocycles. The Hall–Kier alpha value is -4.39. The summed E-state index contributed by atoms with van der Waals surface area (Å²) in [7, 11) is 0. The van der Waals surface area contributed by atoms with Gasteiger partial charge in [-0.3, -0.25) is 4.79 Å². The molecule has 0 unspecified atom stereocenters. The van der Waals surface area contributed by atoms with Gasteiger partial charge in [0, 0.05) is 13.0 Å². The van der Waals surface area contributed by atoms with Crippen LogP contribution in [-0.2, 0) is 30.5 Å². The van der Waals surface area contributed by atoms with Crippen LogP contribution in [0.15, 0.2) is 59.8 Å². The van der Waals surface area contributed by atoms with E-state index in [1.165, 1.54) is 0 Å². The first-order chi connectivity index (χ1) is 17.6. The van der Waals surface area contributed by atoms with Gasteiger partial charge < -0.3 is 24.9 Å². The third-order valence-electron chi connectivity index (χ3n) is 5.19. The van der Waals surface area contributed by atoms with E-state index in [1.54, 1.807) is 57.2 Å². The molecule has 0 spiro atoms. The Kier molecular flexibility index (Phi) is 9.21. The number of oxime groups is 1. The molecule has 0 aliphatic carbocycles. The van der Waals surface area contributed by atoms with Crippen molar-refractivity contribution >= 4 is 23.7 Å². The number of benzene rings is 2. The molecule has 2 amide bonds. The van der Waals surface area contributed by atoms with Crippen LogP contribution in [0.1, 0.15) is 50.3 Å². The fourth-order valence-electron chi connectivity index (χ4n) is 3.41. The van der Waals surface area contributed by atoms with Crippen molar-refractivity contribution in [3.05, 3.63) is 71.3 Å². The first-order valence-electron chi connectivity index (χ1n) is 11.8. The molecule has 1 heterocycles. The maximum atomic E-state index is 12.7. The fraction of sp³-hybridized carbons (Fsp3) is 0.370. The molecule has 0 aromatic heterocycles. The zero-order valence-corrected chi connectivity index (χ0v) is 21.0. The van der Waals surface area contributed by atoms with Gasteiger partial charge in [-0.25, -0.2) is 9.59 Å². The molecule has 0 fully saturated rings. The number of carbonyl (C=O) groups excluding carboxylic acids is 3. The molecule has 2 aromatic carbocycles. The fourth-order valence-corrected chi connectivity index (χ4v) is 3.41. The van der Waals surface area contributed by atoms with Crippen LogP contribution in [0, 0.1) is 11.3 Å². The lowest BCUT2D eigenvalue weighted by molar-refractivity contribution is -0.157. The monoisotopic (exact) mass is 506 g/mol. The minimum atomic E-state index is -1.15. The molecule has 0 saturated carbocycles. The molecule has 2 atom stereocenters. The largest absolute Gasteiger partial charge is 0.458 e. The van der Waals surface area contributed by atoms with Crippen LogP contribution in [0.5, 0.6) is 0 Å². The molecule has 10 nitrogen and oxygen atoms in total. The van der Waals surface area contributed by atoms with Gasteiger partial charge in [0.2, 0.25) is 5.91 Å². The maximum Gasteiger partial charge on any atom is 0.408 e. The first kappa shape index (κ1) is 27.2. The molecular formula is C27H30N4O6. The van der Waals surface area contributed by atoms with Gasteiger partial charge in [-0.1, -0.05) is 47.6 Å². The Morgan fingerprint density at radius 1 is 1.14 bits per heavy atom. The van der Waals surface area contributed by atoms with Gasteiger partial charge in [0.1, 0.15) is 24.4 Å². The molecule has 194 valence electrons. The summed E-state index contributed by atoms with van der Waals surface area (Å²) in [6.45, 7) is 4.95. The number of amides is 2. The number of hydrogen-bond acceptors (Lipinski definition) is 8. The highest BCUT2D eigenvalue weighted by molar-refractivity contribution is 6.01. The quantitative estimate of drug-likeness (QED) is 0.498. The van der Waals surface area contributed by atoms with Gasteiger partial charge in [0.05, 0.1) is 23.8 Å². The Morgan fingerprint density at radius 2 is 1.84 bits per heavy atom. The predicted molar refractivity (Wildman–Crippen MR) is 134 cm³/mol. The van der Waals surface area contributed by atoms with Crippen molar-refractivity contribution in [2.24, 2.45) is 5.16 Å². The van der Waals surface area contributed by atoms with Crippen molar-refractivity contribution in [3.8, 4) is 6.07 Å². The first-order valence-corrected chi connectivity index (χ1v) is 11.8. The van der Waals surface area contributed by atoms with E-state index in [0.29, 0.717) is 17.7 Å². The summed E-state index contributed by atoms with van der Waals surface area (Å²) < 4.78 is 10.6. The van der Waals surface area contributed by atoms with Crippen LogP contribution in [-0.4, -0.2) is 48.0 Å². The van der Waals surface area contributed by atoms with Crippen molar-refractivity contribution in [1.82, 2.24) is 10.6 Å². The average Bonchev–Trinajstić information content (AvgIpc) is 3.33. The summed E-state index contributed by atoms with van der Waals surface area (Å²) in [5, 5.41) is 18.1. The Morgan fingerprint density at radius 3 is 2.49 bits per heavy atom. The average molecular weight is 507 g/mol. The number of nitrogens with one attached hydrogen (secondary N) is 2. The molecule has 37 heavy (non-hydrogen) atoms. The van der Waals surface area contributed by atoms with Gasteiger partial charge in [0.15, 0.2) is 0 Å². The van der Waals surface area contributed by atoms with Gasteiger partial charge >= 0.3 is 12.1 Å². The third kappa shape index (κ3) is 8.96. The summed E-state index contributed by atoms with van der Waals surface area (Å²) in [6, 6.07) is 16.9. The highest BCUT2D eigenvalue weighted by Crippen LogP contribution is 2.19. The lowest BCUT2D eigenvalue weighted by Crippen LogP contribution is -2.50. The number of esters is 1. The topological polar surface area (TPSA) is 139 Å². The lowest BCUT2D eigenvalue weighted by atomic mass is 10.0. The highest BCUT2D eigenvalue weighted by atomic mass is 16.6. The van der Waals surface area contributed by atoms with Gasteiger partial charge in [-0.2, -0.15) is 5.26 Å². The number of nitriles is 1. The minimum Gasteiger partial charge on any atom is -0.458 e. The van der Waals surface area contributed by atoms with Crippen LogP contribution >= 0.6 is 0 Å². The Bertz CT molecular complexity index is 1170. The van der Waals surface area contributed by atoms with Crippen LogP contribution in [0.3, 0.4) is 0 Å². The van der Waals surface area contributed by atoms with Gasteiger partial charge in [-0.05, 0) is 44.0 Å². The minimum absolute atomic E-state index is 0.00275. The van der Waals surface area contributed by atoms with Crippen LogP contribution in [0.25, 0.3) is 0 Å². The van der Waals surface area contributed by atoms with E-state index in [1.807, 2.05) is 18.2 Å². The summed E-state index contributed by atoms with van der Waals surface area (Å²) >= 11 is 0. The number of hydrogen-bond donors (Lipinski definition) is 2. The lowest BCUT2D eigenvalue weighted by Gasteiger charge is -2.24. The molecule has 1 aliphatic heterocycles. The number of rotatable bonds is 9. The van der Waals surface area contributed by atoms with Crippen molar-refractivity contribution in [2.75, 3.05) is 6.54 Å². The van der Waals surface area contributed by atoms with Crippen molar-refractivity contribution in [2.45, 2.75) is 58.0 Å². The number of ether oxygens (including phenoxy) is 2. The molecule has 0 radical (unpaired) electrons. The van der Waals surface area contributed by atoms with E-state index >= 15 is 0 Å². The smallest absolute Gasteiger partial charge is 0.408 e. The van der Waals surface area contributed by atoms with Crippen molar-refractivity contribution in [1.29, 1.82) is 5.26 Å². The van der Waals surface area contributed by atoms with Crippen molar-refractivity contribution in [3.63, 3.8) is 0 Å². The van der Waals surface area contributed by atoms with Gasteiger partial charge in [-0.15, -0.1) is 0 Å². The standard InChI is InChI=1S/C27H30N4O6/c1-27(2,3)36-25(33)23(30-26(34)35-17-19-7-5-4-6-8-19)16-29-24(32)14-21-13-22(31-37-21)20-11-9-18(15-28)10-12-20/h4-12,21,23H,13-14,16-17H2,1-3H3,(H,29,32)(H,30,34)/t21-,23+/m1/s1. The van der Waals surface area contributed by atoms with E-state index in [4.69, 9.17) is 19.6 Å². The summed E-state index contributed by atoms with van der Waals surface area (Å²) in [5.74, 6) is -1.08. The Labute approximate surface area is 215 Å².